The highest BCUT2D eigenvalue weighted by atomic mass is 16.1. The number of anilines is 1. The molecule has 1 unspecified atom stereocenters. The maximum atomic E-state index is 12.0. The Morgan fingerprint density at radius 2 is 1.75 bits per heavy atom. The highest BCUT2D eigenvalue weighted by molar-refractivity contribution is 5.81. The smallest absolute Gasteiger partial charge is 0.239 e. The minimum absolute atomic E-state index is 0.305. The summed E-state index contributed by atoms with van der Waals surface area (Å²) in [5.74, 6) is 0.591. The van der Waals surface area contributed by atoms with Crippen LogP contribution >= 0.6 is 0 Å². The highest BCUT2D eigenvalue weighted by Crippen LogP contribution is 2.23. The average Bonchev–Trinajstić information content (AvgIpc) is 2.59. The van der Waals surface area contributed by atoms with Crippen molar-refractivity contribution in [2.75, 3.05) is 31.1 Å². The van der Waals surface area contributed by atoms with Crippen LogP contribution in [0.5, 0.6) is 0 Å². The maximum Gasteiger partial charge on any atom is 0.239 e. The van der Waals surface area contributed by atoms with Gasteiger partial charge in [-0.25, -0.2) is 0 Å². The number of rotatable bonds is 4. The van der Waals surface area contributed by atoms with E-state index in [0.717, 1.165) is 48.8 Å². The quantitative estimate of drug-likeness (QED) is 0.921. The van der Waals surface area contributed by atoms with E-state index in [1.54, 1.807) is 0 Å². The molecule has 2 aromatic rings. The summed E-state index contributed by atoms with van der Waals surface area (Å²) < 4.78 is 0. The molecule has 1 aromatic carbocycles. The first kappa shape index (κ1) is 16.4. The first-order chi connectivity index (χ1) is 11.6. The maximum absolute atomic E-state index is 12.0. The molecule has 6 nitrogen and oxygen atoms in total. The molecule has 1 aliphatic rings. The molecule has 2 N–H and O–H groups in total. The zero-order chi connectivity index (χ0) is 17.1. The molecule has 126 valence electrons. The third kappa shape index (κ3) is 3.38. The van der Waals surface area contributed by atoms with Crippen molar-refractivity contribution in [1.82, 2.24) is 15.1 Å². The summed E-state index contributed by atoms with van der Waals surface area (Å²) in [5, 5.41) is 8.50. The van der Waals surface area contributed by atoms with Gasteiger partial charge in [-0.05, 0) is 31.0 Å². The molecule has 1 saturated heterocycles. The van der Waals surface area contributed by atoms with Gasteiger partial charge in [0.05, 0.1) is 5.69 Å². The lowest BCUT2D eigenvalue weighted by Gasteiger charge is -2.38. The molecule has 0 saturated carbocycles. The molecule has 0 radical (unpaired) electrons. The van der Waals surface area contributed by atoms with Gasteiger partial charge in [0.2, 0.25) is 5.91 Å². The lowest BCUT2D eigenvalue weighted by Crippen LogP contribution is -2.50. The lowest BCUT2D eigenvalue weighted by molar-refractivity contribution is -0.123. The van der Waals surface area contributed by atoms with Crippen molar-refractivity contribution in [3.05, 3.63) is 53.2 Å². The topological polar surface area (TPSA) is 75.3 Å². The molecule has 1 atom stereocenters. The molecule has 24 heavy (non-hydrogen) atoms. The summed E-state index contributed by atoms with van der Waals surface area (Å²) in [5.41, 5.74) is 8.71. The second-order valence-corrected chi connectivity index (χ2v) is 6.21. The number of aryl methyl sites for hydroxylation is 2. The van der Waals surface area contributed by atoms with Crippen molar-refractivity contribution in [3.8, 4) is 0 Å². The summed E-state index contributed by atoms with van der Waals surface area (Å²) in [6.45, 7) is 7.12. The van der Waals surface area contributed by atoms with E-state index in [2.05, 4.69) is 26.1 Å². The van der Waals surface area contributed by atoms with E-state index >= 15 is 0 Å². The molecule has 1 aromatic heterocycles. The van der Waals surface area contributed by atoms with Gasteiger partial charge in [-0.3, -0.25) is 9.69 Å². The summed E-state index contributed by atoms with van der Waals surface area (Å²) in [4.78, 5) is 16.3. The van der Waals surface area contributed by atoms with Gasteiger partial charge in [0, 0.05) is 26.2 Å². The number of nitrogens with two attached hydrogens (primary N) is 1. The molecule has 0 aliphatic carbocycles. The Balaban J connectivity index is 1.71. The molecule has 0 bridgehead atoms. The van der Waals surface area contributed by atoms with Gasteiger partial charge in [0.1, 0.15) is 6.04 Å². The average molecular weight is 325 g/mol. The zero-order valence-electron chi connectivity index (χ0n) is 14.1. The summed E-state index contributed by atoms with van der Waals surface area (Å²) in [6, 6.07) is 11.4. The molecular weight excluding hydrogens is 302 g/mol. The Kier molecular flexibility index (Phi) is 4.76. The molecule has 3 rings (SSSR count). The number of carbonyl (C=O) groups excluding carboxylic acids is 1. The van der Waals surface area contributed by atoms with E-state index in [4.69, 9.17) is 5.73 Å². The molecule has 0 spiro atoms. The van der Waals surface area contributed by atoms with Gasteiger partial charge < -0.3 is 10.6 Å². The van der Waals surface area contributed by atoms with Crippen LogP contribution in [0.4, 0.5) is 5.82 Å². The van der Waals surface area contributed by atoms with Crippen LogP contribution in [0.2, 0.25) is 0 Å². The molecular formula is C18H23N5O. The first-order valence-corrected chi connectivity index (χ1v) is 8.20. The Hall–Kier alpha value is -2.47. The number of amides is 1. The fraction of sp³-hybridized carbons (Fsp3) is 0.389. The van der Waals surface area contributed by atoms with Gasteiger partial charge in [-0.15, -0.1) is 5.10 Å². The van der Waals surface area contributed by atoms with Crippen molar-refractivity contribution < 1.29 is 4.79 Å². The van der Waals surface area contributed by atoms with Gasteiger partial charge in [0.25, 0.3) is 0 Å². The third-order valence-corrected chi connectivity index (χ3v) is 4.61. The number of nitrogens with zero attached hydrogens (tertiary/aromatic N) is 4. The molecule has 2 heterocycles. The number of carbonyl (C=O) groups is 1. The van der Waals surface area contributed by atoms with Gasteiger partial charge >= 0.3 is 0 Å². The Labute approximate surface area is 142 Å². The van der Waals surface area contributed by atoms with Crippen LogP contribution < -0.4 is 10.6 Å². The van der Waals surface area contributed by atoms with Crippen LogP contribution in [0.3, 0.4) is 0 Å². The van der Waals surface area contributed by atoms with E-state index < -0.39 is 0 Å². The SMILES string of the molecule is Cc1cc(N2CCN(C(C(N)=O)c3ccccc3)CC2)nnc1C. The van der Waals surface area contributed by atoms with Crippen molar-refractivity contribution in [2.45, 2.75) is 19.9 Å². The van der Waals surface area contributed by atoms with Crippen LogP contribution in [0.25, 0.3) is 0 Å². The number of hydrogen-bond acceptors (Lipinski definition) is 5. The Bertz CT molecular complexity index is 711. The molecule has 1 aliphatic heterocycles. The summed E-state index contributed by atoms with van der Waals surface area (Å²) >= 11 is 0. The van der Waals surface area contributed by atoms with Crippen LogP contribution in [0.15, 0.2) is 36.4 Å². The van der Waals surface area contributed by atoms with Crippen molar-refractivity contribution in [1.29, 1.82) is 0 Å². The van der Waals surface area contributed by atoms with Crippen molar-refractivity contribution >= 4 is 11.7 Å². The number of piperazine rings is 1. The Morgan fingerprint density at radius 1 is 1.08 bits per heavy atom. The van der Waals surface area contributed by atoms with Gasteiger partial charge in [0.15, 0.2) is 5.82 Å². The number of benzene rings is 1. The molecule has 1 fully saturated rings. The number of aromatic nitrogens is 2. The number of hydrogen-bond donors (Lipinski definition) is 1. The largest absolute Gasteiger partial charge is 0.368 e. The zero-order valence-corrected chi connectivity index (χ0v) is 14.1. The normalized spacial score (nSPS) is 16.8. The Morgan fingerprint density at radius 3 is 2.33 bits per heavy atom. The van der Waals surface area contributed by atoms with Crippen LogP contribution in [-0.2, 0) is 4.79 Å². The number of primary amides is 1. The molecule has 1 amide bonds. The van der Waals surface area contributed by atoms with E-state index in [9.17, 15) is 4.79 Å². The van der Waals surface area contributed by atoms with Crippen molar-refractivity contribution in [3.63, 3.8) is 0 Å². The van der Waals surface area contributed by atoms with Crippen LogP contribution in [0, 0.1) is 13.8 Å². The fourth-order valence-electron chi connectivity index (χ4n) is 3.09. The minimum atomic E-state index is -0.376. The van der Waals surface area contributed by atoms with E-state index in [-0.39, 0.29) is 11.9 Å². The van der Waals surface area contributed by atoms with E-state index in [1.165, 1.54) is 0 Å². The minimum Gasteiger partial charge on any atom is -0.368 e. The van der Waals surface area contributed by atoms with Gasteiger partial charge in [-0.1, -0.05) is 30.3 Å². The summed E-state index contributed by atoms with van der Waals surface area (Å²) in [7, 11) is 0. The highest BCUT2D eigenvalue weighted by Gasteiger charge is 2.29. The predicted octanol–water partition coefficient (Wildman–Crippen LogP) is 1.44. The van der Waals surface area contributed by atoms with E-state index in [1.807, 2.05) is 44.2 Å². The standard InChI is InChI=1S/C18H23N5O/c1-13-12-16(21-20-14(13)2)22-8-10-23(11-9-22)17(18(19)24)15-6-4-3-5-7-15/h3-7,12,17H,8-11H2,1-2H3,(H2,19,24). The van der Waals surface area contributed by atoms with Crippen LogP contribution in [0.1, 0.15) is 22.9 Å². The lowest BCUT2D eigenvalue weighted by atomic mass is 10.0. The molecule has 6 heteroatoms. The second kappa shape index (κ2) is 6.97. The third-order valence-electron chi connectivity index (χ3n) is 4.61. The second-order valence-electron chi connectivity index (χ2n) is 6.21. The first-order valence-electron chi connectivity index (χ1n) is 8.20. The summed E-state index contributed by atoms with van der Waals surface area (Å²) in [6.07, 6.45) is 0. The van der Waals surface area contributed by atoms with E-state index in [0.29, 0.717) is 0 Å². The fourth-order valence-corrected chi connectivity index (χ4v) is 3.09. The predicted molar refractivity (Wildman–Crippen MR) is 93.7 cm³/mol. The van der Waals surface area contributed by atoms with Gasteiger partial charge in [-0.2, -0.15) is 5.10 Å². The monoisotopic (exact) mass is 325 g/mol. The van der Waals surface area contributed by atoms with Crippen molar-refractivity contribution in [2.24, 2.45) is 5.73 Å². The van der Waals surface area contributed by atoms with Crippen LogP contribution in [-0.4, -0.2) is 47.2 Å².